The van der Waals surface area contributed by atoms with Gasteiger partial charge in [-0.3, -0.25) is 4.68 Å². The molecule has 0 aliphatic heterocycles. The van der Waals surface area contributed by atoms with E-state index in [-0.39, 0.29) is 0 Å². The molecular formula is C15H18N4. The SMILES string of the molecule is Cc1cnn(C[C@@H](C)NCc2ccc(C#N)cc2)c1. The highest BCUT2D eigenvalue weighted by molar-refractivity contribution is 5.31. The van der Waals surface area contributed by atoms with Gasteiger partial charge in [-0.2, -0.15) is 10.4 Å². The summed E-state index contributed by atoms with van der Waals surface area (Å²) in [5, 5.41) is 16.5. The minimum Gasteiger partial charge on any atom is -0.308 e. The summed E-state index contributed by atoms with van der Waals surface area (Å²) >= 11 is 0. The summed E-state index contributed by atoms with van der Waals surface area (Å²) in [5.41, 5.74) is 3.06. The van der Waals surface area contributed by atoms with Crippen molar-refractivity contribution in [2.75, 3.05) is 0 Å². The van der Waals surface area contributed by atoms with E-state index in [1.807, 2.05) is 48.3 Å². The second-order valence-electron chi connectivity index (χ2n) is 4.83. The van der Waals surface area contributed by atoms with Crippen LogP contribution in [0.25, 0.3) is 0 Å². The van der Waals surface area contributed by atoms with Crippen molar-refractivity contribution in [1.82, 2.24) is 15.1 Å². The first-order valence-electron chi connectivity index (χ1n) is 6.39. The van der Waals surface area contributed by atoms with E-state index in [1.165, 1.54) is 11.1 Å². The lowest BCUT2D eigenvalue weighted by Gasteiger charge is -2.14. The van der Waals surface area contributed by atoms with Crippen LogP contribution in [-0.4, -0.2) is 15.8 Å². The van der Waals surface area contributed by atoms with Crippen molar-refractivity contribution in [3.63, 3.8) is 0 Å². The van der Waals surface area contributed by atoms with Crippen molar-refractivity contribution in [2.24, 2.45) is 0 Å². The molecule has 0 aliphatic carbocycles. The molecule has 1 aromatic heterocycles. The zero-order valence-electron chi connectivity index (χ0n) is 11.3. The average molecular weight is 254 g/mol. The molecule has 19 heavy (non-hydrogen) atoms. The molecule has 2 aromatic rings. The lowest BCUT2D eigenvalue weighted by atomic mass is 10.1. The van der Waals surface area contributed by atoms with Crippen LogP contribution in [0.1, 0.15) is 23.6 Å². The third-order valence-corrected chi connectivity index (χ3v) is 2.96. The summed E-state index contributed by atoms with van der Waals surface area (Å²) in [6.07, 6.45) is 3.91. The molecule has 0 aliphatic rings. The molecule has 0 fully saturated rings. The first-order chi connectivity index (χ1) is 9.17. The van der Waals surface area contributed by atoms with Gasteiger partial charge in [0.15, 0.2) is 0 Å². The van der Waals surface area contributed by atoms with Gasteiger partial charge in [0.05, 0.1) is 24.4 Å². The van der Waals surface area contributed by atoms with Gasteiger partial charge in [-0.05, 0) is 37.1 Å². The van der Waals surface area contributed by atoms with Crippen LogP contribution in [0, 0.1) is 18.3 Å². The molecule has 4 heteroatoms. The van der Waals surface area contributed by atoms with Crippen LogP contribution in [0.2, 0.25) is 0 Å². The van der Waals surface area contributed by atoms with Crippen molar-refractivity contribution in [2.45, 2.75) is 33.0 Å². The van der Waals surface area contributed by atoms with Crippen LogP contribution >= 0.6 is 0 Å². The lowest BCUT2D eigenvalue weighted by molar-refractivity contribution is 0.450. The fraction of sp³-hybridized carbons (Fsp3) is 0.333. The van der Waals surface area contributed by atoms with Crippen molar-refractivity contribution in [1.29, 1.82) is 5.26 Å². The van der Waals surface area contributed by atoms with Gasteiger partial charge in [0.2, 0.25) is 0 Å². The van der Waals surface area contributed by atoms with E-state index in [2.05, 4.69) is 23.4 Å². The molecule has 0 radical (unpaired) electrons. The Hall–Kier alpha value is -2.12. The molecule has 1 heterocycles. The topological polar surface area (TPSA) is 53.6 Å². The smallest absolute Gasteiger partial charge is 0.0991 e. The Morgan fingerprint density at radius 2 is 2.11 bits per heavy atom. The predicted molar refractivity (Wildman–Crippen MR) is 74.4 cm³/mol. The third-order valence-electron chi connectivity index (χ3n) is 2.96. The van der Waals surface area contributed by atoms with Crippen LogP contribution in [0.3, 0.4) is 0 Å². The summed E-state index contributed by atoms with van der Waals surface area (Å²) in [4.78, 5) is 0. The quantitative estimate of drug-likeness (QED) is 0.890. The Morgan fingerprint density at radius 1 is 1.37 bits per heavy atom. The fourth-order valence-corrected chi connectivity index (χ4v) is 1.90. The summed E-state index contributed by atoms with van der Waals surface area (Å²) in [7, 11) is 0. The molecule has 0 saturated carbocycles. The molecule has 1 N–H and O–H groups in total. The monoisotopic (exact) mass is 254 g/mol. The number of rotatable bonds is 5. The number of nitrogens with zero attached hydrogens (tertiary/aromatic N) is 3. The summed E-state index contributed by atoms with van der Waals surface area (Å²) in [5.74, 6) is 0. The first kappa shape index (κ1) is 13.3. The van der Waals surface area contributed by atoms with E-state index in [9.17, 15) is 0 Å². The number of benzene rings is 1. The molecule has 0 unspecified atom stereocenters. The van der Waals surface area contributed by atoms with Crippen molar-refractivity contribution in [3.8, 4) is 6.07 Å². The second-order valence-corrected chi connectivity index (χ2v) is 4.83. The van der Waals surface area contributed by atoms with Crippen LogP contribution < -0.4 is 5.32 Å². The Bertz CT molecular complexity index is 563. The van der Waals surface area contributed by atoms with Crippen molar-refractivity contribution in [3.05, 3.63) is 53.3 Å². The average Bonchev–Trinajstić information content (AvgIpc) is 2.82. The number of aromatic nitrogens is 2. The van der Waals surface area contributed by atoms with Crippen LogP contribution in [0.15, 0.2) is 36.7 Å². The number of nitrogens with one attached hydrogen (secondary N) is 1. The molecule has 2 rings (SSSR count). The van der Waals surface area contributed by atoms with Gasteiger partial charge in [0.25, 0.3) is 0 Å². The summed E-state index contributed by atoms with van der Waals surface area (Å²) in [6, 6.07) is 10.1. The van der Waals surface area contributed by atoms with Gasteiger partial charge in [-0.1, -0.05) is 12.1 Å². The van der Waals surface area contributed by atoms with Gasteiger partial charge >= 0.3 is 0 Å². The van der Waals surface area contributed by atoms with E-state index in [4.69, 9.17) is 5.26 Å². The van der Waals surface area contributed by atoms with Gasteiger partial charge < -0.3 is 5.32 Å². The third kappa shape index (κ3) is 3.94. The van der Waals surface area contributed by atoms with E-state index < -0.39 is 0 Å². The highest BCUT2D eigenvalue weighted by Gasteiger charge is 2.03. The second kappa shape index (κ2) is 6.17. The first-order valence-corrected chi connectivity index (χ1v) is 6.39. The molecule has 0 bridgehead atoms. The van der Waals surface area contributed by atoms with E-state index in [1.54, 1.807) is 0 Å². The summed E-state index contributed by atoms with van der Waals surface area (Å²) in [6.45, 7) is 5.83. The Labute approximate surface area is 113 Å². The maximum absolute atomic E-state index is 8.74. The molecule has 1 atom stereocenters. The maximum atomic E-state index is 8.74. The number of nitriles is 1. The highest BCUT2D eigenvalue weighted by atomic mass is 15.3. The van der Waals surface area contributed by atoms with E-state index in [0.29, 0.717) is 11.6 Å². The zero-order chi connectivity index (χ0) is 13.7. The van der Waals surface area contributed by atoms with Crippen molar-refractivity contribution < 1.29 is 0 Å². The molecular weight excluding hydrogens is 236 g/mol. The fourth-order valence-electron chi connectivity index (χ4n) is 1.90. The molecule has 0 saturated heterocycles. The molecule has 1 aromatic carbocycles. The van der Waals surface area contributed by atoms with Gasteiger partial charge in [-0.15, -0.1) is 0 Å². The number of hydrogen-bond donors (Lipinski definition) is 1. The van der Waals surface area contributed by atoms with Crippen LogP contribution in [0.4, 0.5) is 0 Å². The zero-order valence-corrected chi connectivity index (χ0v) is 11.3. The highest BCUT2D eigenvalue weighted by Crippen LogP contribution is 2.04. The maximum Gasteiger partial charge on any atom is 0.0991 e. The predicted octanol–water partition coefficient (Wildman–Crippen LogP) is 2.24. The van der Waals surface area contributed by atoms with Crippen LogP contribution in [-0.2, 0) is 13.1 Å². The minimum absolute atomic E-state index is 0.343. The lowest BCUT2D eigenvalue weighted by Crippen LogP contribution is -2.30. The molecule has 4 nitrogen and oxygen atoms in total. The number of hydrogen-bond acceptors (Lipinski definition) is 3. The Kier molecular flexibility index (Phi) is 4.32. The van der Waals surface area contributed by atoms with E-state index in [0.717, 1.165) is 13.1 Å². The summed E-state index contributed by atoms with van der Waals surface area (Å²) < 4.78 is 1.95. The van der Waals surface area contributed by atoms with Gasteiger partial charge in [0, 0.05) is 18.8 Å². The Balaban J connectivity index is 1.82. The van der Waals surface area contributed by atoms with Crippen LogP contribution in [0.5, 0.6) is 0 Å². The van der Waals surface area contributed by atoms with Gasteiger partial charge in [0.1, 0.15) is 0 Å². The molecule has 98 valence electrons. The standard InChI is InChI=1S/C15H18N4/c1-12-8-18-19(10-12)11-13(2)17-9-15-5-3-14(7-16)4-6-15/h3-6,8,10,13,17H,9,11H2,1-2H3/t13-/m1/s1. The molecule has 0 spiro atoms. The normalized spacial score (nSPS) is 12.1. The Morgan fingerprint density at radius 3 is 2.68 bits per heavy atom. The van der Waals surface area contributed by atoms with E-state index >= 15 is 0 Å². The minimum atomic E-state index is 0.343. The van der Waals surface area contributed by atoms with Crippen molar-refractivity contribution >= 4 is 0 Å². The largest absolute Gasteiger partial charge is 0.308 e. The van der Waals surface area contributed by atoms with Gasteiger partial charge in [-0.25, -0.2) is 0 Å². The number of aryl methyl sites for hydroxylation is 1. The molecule has 0 amide bonds.